The molecular formula is C22H26N2O3. The topological polar surface area (TPSA) is 67.4 Å². The number of amides is 2. The minimum atomic E-state index is -0.141. The van der Waals surface area contributed by atoms with Gasteiger partial charge in [0, 0.05) is 17.2 Å². The molecule has 5 heteroatoms. The molecule has 1 unspecified atom stereocenters. The third kappa shape index (κ3) is 5.33. The van der Waals surface area contributed by atoms with Crippen molar-refractivity contribution < 1.29 is 14.3 Å². The van der Waals surface area contributed by atoms with Crippen molar-refractivity contribution in [3.63, 3.8) is 0 Å². The number of ether oxygens (including phenoxy) is 1. The van der Waals surface area contributed by atoms with Gasteiger partial charge in [-0.25, -0.2) is 0 Å². The Bertz CT molecular complexity index is 793. The average molecular weight is 366 g/mol. The number of anilines is 1. The van der Waals surface area contributed by atoms with Gasteiger partial charge in [0.15, 0.2) is 0 Å². The van der Waals surface area contributed by atoms with Gasteiger partial charge in [-0.3, -0.25) is 9.59 Å². The molecule has 1 aliphatic rings. The van der Waals surface area contributed by atoms with Gasteiger partial charge in [0.1, 0.15) is 5.75 Å². The zero-order valence-electron chi connectivity index (χ0n) is 16.0. The maximum absolute atomic E-state index is 12.4. The molecule has 2 N–H and O–H groups in total. The smallest absolute Gasteiger partial charge is 0.251 e. The van der Waals surface area contributed by atoms with Crippen LogP contribution >= 0.6 is 0 Å². The summed E-state index contributed by atoms with van der Waals surface area (Å²) in [4.78, 5) is 24.2. The van der Waals surface area contributed by atoms with E-state index in [1.807, 2.05) is 45.0 Å². The lowest BCUT2D eigenvalue weighted by molar-refractivity contribution is -0.117. The molecule has 1 fully saturated rings. The van der Waals surface area contributed by atoms with E-state index in [0.717, 1.165) is 29.8 Å². The molecule has 1 aliphatic carbocycles. The summed E-state index contributed by atoms with van der Waals surface area (Å²) in [6.07, 6.45) is 2.07. The Morgan fingerprint density at radius 1 is 0.963 bits per heavy atom. The molecule has 0 spiro atoms. The zero-order valence-corrected chi connectivity index (χ0v) is 16.0. The van der Waals surface area contributed by atoms with Gasteiger partial charge in [-0.05, 0) is 75.6 Å². The minimum Gasteiger partial charge on any atom is -0.491 e. The van der Waals surface area contributed by atoms with Gasteiger partial charge >= 0.3 is 0 Å². The summed E-state index contributed by atoms with van der Waals surface area (Å²) in [6, 6.07) is 14.6. The van der Waals surface area contributed by atoms with Crippen LogP contribution in [0, 0.1) is 5.92 Å². The highest BCUT2D eigenvalue weighted by atomic mass is 16.5. The average Bonchev–Trinajstić information content (AvgIpc) is 3.47. The maximum Gasteiger partial charge on any atom is 0.251 e. The van der Waals surface area contributed by atoms with Gasteiger partial charge in [-0.1, -0.05) is 12.1 Å². The number of carbonyl (C=O) groups is 2. The van der Waals surface area contributed by atoms with Crippen molar-refractivity contribution in [3.05, 3.63) is 59.7 Å². The predicted molar refractivity (Wildman–Crippen MR) is 106 cm³/mol. The molecule has 2 amide bonds. The highest BCUT2D eigenvalue weighted by Crippen LogP contribution is 2.30. The fraction of sp³-hybridized carbons (Fsp3) is 0.364. The van der Waals surface area contributed by atoms with E-state index in [9.17, 15) is 9.59 Å². The molecular weight excluding hydrogens is 340 g/mol. The number of hydrogen-bond acceptors (Lipinski definition) is 3. The van der Waals surface area contributed by atoms with E-state index in [1.54, 1.807) is 24.3 Å². The van der Waals surface area contributed by atoms with Gasteiger partial charge in [-0.15, -0.1) is 0 Å². The second-order valence-corrected chi connectivity index (χ2v) is 7.27. The van der Waals surface area contributed by atoms with Crippen molar-refractivity contribution in [1.82, 2.24) is 5.32 Å². The largest absolute Gasteiger partial charge is 0.491 e. The summed E-state index contributed by atoms with van der Waals surface area (Å²) < 4.78 is 5.59. The molecule has 1 atom stereocenters. The van der Waals surface area contributed by atoms with E-state index in [1.165, 1.54) is 0 Å². The van der Waals surface area contributed by atoms with E-state index in [0.29, 0.717) is 5.56 Å². The molecule has 0 aromatic heterocycles. The van der Waals surface area contributed by atoms with Crippen LogP contribution in [0.5, 0.6) is 5.75 Å². The fourth-order valence-corrected chi connectivity index (χ4v) is 2.77. The Hall–Kier alpha value is -2.82. The van der Waals surface area contributed by atoms with E-state index >= 15 is 0 Å². The van der Waals surface area contributed by atoms with E-state index in [4.69, 9.17) is 4.74 Å². The first-order valence-electron chi connectivity index (χ1n) is 9.41. The zero-order chi connectivity index (χ0) is 19.4. The molecule has 2 aromatic rings. The number of carbonyl (C=O) groups excluding carboxylic acids is 2. The van der Waals surface area contributed by atoms with Crippen LogP contribution in [0.2, 0.25) is 0 Å². The summed E-state index contributed by atoms with van der Waals surface area (Å²) in [5, 5.41) is 5.91. The normalized spacial score (nSPS) is 14.5. The second kappa shape index (κ2) is 8.25. The number of hydrogen-bond donors (Lipinski definition) is 2. The lowest BCUT2D eigenvalue weighted by Crippen LogP contribution is -2.26. The standard InChI is InChI=1S/C22H26N2O3/c1-14(2)27-20-12-8-18(9-13-20)21(25)23-15(3)16-6-10-19(11-7-16)24-22(26)17-4-5-17/h6-15,17H,4-5H2,1-3H3,(H,23,25)(H,24,26). The first-order chi connectivity index (χ1) is 12.9. The van der Waals surface area contributed by atoms with Crippen molar-refractivity contribution in [2.45, 2.75) is 45.8 Å². The highest BCUT2D eigenvalue weighted by molar-refractivity contribution is 5.95. The first-order valence-corrected chi connectivity index (χ1v) is 9.41. The summed E-state index contributed by atoms with van der Waals surface area (Å²) in [5.74, 6) is 0.886. The van der Waals surface area contributed by atoms with Crippen LogP contribution in [0.15, 0.2) is 48.5 Å². The Balaban J connectivity index is 1.56. The number of rotatable bonds is 7. The van der Waals surface area contributed by atoms with Crippen molar-refractivity contribution in [2.24, 2.45) is 5.92 Å². The van der Waals surface area contributed by atoms with Gasteiger partial charge in [-0.2, -0.15) is 0 Å². The molecule has 142 valence electrons. The molecule has 0 aliphatic heterocycles. The van der Waals surface area contributed by atoms with Gasteiger partial charge in [0.2, 0.25) is 5.91 Å². The quantitative estimate of drug-likeness (QED) is 0.767. The third-order valence-electron chi connectivity index (χ3n) is 4.46. The Morgan fingerprint density at radius 2 is 1.59 bits per heavy atom. The van der Waals surface area contributed by atoms with E-state index in [-0.39, 0.29) is 29.9 Å². The van der Waals surface area contributed by atoms with Crippen molar-refractivity contribution in [1.29, 1.82) is 0 Å². The van der Waals surface area contributed by atoms with Crippen LogP contribution in [0.25, 0.3) is 0 Å². The Kier molecular flexibility index (Phi) is 5.79. The summed E-state index contributed by atoms with van der Waals surface area (Å²) in [6.45, 7) is 5.86. The lowest BCUT2D eigenvalue weighted by Gasteiger charge is -2.16. The summed E-state index contributed by atoms with van der Waals surface area (Å²) >= 11 is 0. The SMILES string of the molecule is CC(C)Oc1ccc(C(=O)NC(C)c2ccc(NC(=O)C3CC3)cc2)cc1. The van der Waals surface area contributed by atoms with E-state index in [2.05, 4.69) is 10.6 Å². The van der Waals surface area contributed by atoms with Crippen LogP contribution in [0.4, 0.5) is 5.69 Å². The van der Waals surface area contributed by atoms with Crippen LogP contribution in [0.3, 0.4) is 0 Å². The molecule has 0 bridgehead atoms. The predicted octanol–water partition coefficient (Wildman–Crippen LogP) is 4.31. The fourth-order valence-electron chi connectivity index (χ4n) is 2.77. The van der Waals surface area contributed by atoms with Crippen molar-refractivity contribution in [3.8, 4) is 5.75 Å². The van der Waals surface area contributed by atoms with Crippen LogP contribution < -0.4 is 15.4 Å². The number of benzene rings is 2. The second-order valence-electron chi connectivity index (χ2n) is 7.27. The maximum atomic E-state index is 12.4. The molecule has 27 heavy (non-hydrogen) atoms. The van der Waals surface area contributed by atoms with Gasteiger partial charge < -0.3 is 15.4 Å². The summed E-state index contributed by atoms with van der Waals surface area (Å²) in [5.41, 5.74) is 2.36. The van der Waals surface area contributed by atoms with Gasteiger partial charge in [0.25, 0.3) is 5.91 Å². The lowest BCUT2D eigenvalue weighted by atomic mass is 10.1. The Morgan fingerprint density at radius 3 is 2.15 bits per heavy atom. The third-order valence-corrected chi connectivity index (χ3v) is 4.46. The molecule has 1 saturated carbocycles. The number of nitrogens with one attached hydrogen (secondary N) is 2. The van der Waals surface area contributed by atoms with Crippen LogP contribution in [-0.2, 0) is 4.79 Å². The Labute approximate surface area is 160 Å². The molecule has 0 radical (unpaired) electrons. The van der Waals surface area contributed by atoms with E-state index < -0.39 is 0 Å². The molecule has 3 rings (SSSR count). The highest BCUT2D eigenvalue weighted by Gasteiger charge is 2.29. The molecule has 2 aromatic carbocycles. The minimum absolute atomic E-state index is 0.0917. The first kappa shape index (κ1) is 19.0. The monoisotopic (exact) mass is 366 g/mol. The van der Waals surface area contributed by atoms with Gasteiger partial charge in [0.05, 0.1) is 12.1 Å². The molecule has 0 heterocycles. The van der Waals surface area contributed by atoms with Crippen molar-refractivity contribution in [2.75, 3.05) is 5.32 Å². The van der Waals surface area contributed by atoms with Crippen LogP contribution in [-0.4, -0.2) is 17.9 Å². The molecule has 5 nitrogen and oxygen atoms in total. The van der Waals surface area contributed by atoms with Crippen molar-refractivity contribution >= 4 is 17.5 Å². The molecule has 0 saturated heterocycles. The van der Waals surface area contributed by atoms with Crippen LogP contribution in [0.1, 0.15) is 55.6 Å². The summed E-state index contributed by atoms with van der Waals surface area (Å²) in [7, 11) is 0.